The Hall–Kier alpha value is -3.56. The molecule has 0 saturated heterocycles. The summed E-state index contributed by atoms with van der Waals surface area (Å²) >= 11 is 0. The lowest BCUT2D eigenvalue weighted by Gasteiger charge is -2.09. The number of nitrogens with zero attached hydrogens (tertiary/aromatic N) is 8. The maximum atomic E-state index is 5.89. The number of nitrogen functional groups attached to an aromatic ring is 1. The number of ether oxygens (including phenoxy) is 1. The van der Waals surface area contributed by atoms with Crippen molar-refractivity contribution in [2.45, 2.75) is 13.5 Å². The van der Waals surface area contributed by atoms with Crippen LogP contribution < -0.4 is 10.5 Å². The summed E-state index contributed by atoms with van der Waals surface area (Å²) in [5.41, 5.74) is 9.18. The normalized spacial score (nSPS) is 11.1. The van der Waals surface area contributed by atoms with Gasteiger partial charge in [0, 0.05) is 36.3 Å². The molecule has 0 bridgehead atoms. The third-order valence-corrected chi connectivity index (χ3v) is 3.83. The van der Waals surface area contributed by atoms with Crippen molar-refractivity contribution in [3.8, 4) is 23.1 Å². The lowest BCUT2D eigenvalue weighted by Crippen LogP contribution is -2.10. The predicted octanol–water partition coefficient (Wildman–Crippen LogP) is 1.08. The van der Waals surface area contributed by atoms with Gasteiger partial charge in [-0.3, -0.25) is 4.98 Å². The fraction of sp³-hybridized carbons (Fsp3) is 0.200. The van der Waals surface area contributed by atoms with E-state index in [2.05, 4.69) is 30.0 Å². The number of rotatable bonds is 4. The largest absolute Gasteiger partial charge is 0.467 e. The molecule has 0 atom stereocenters. The zero-order valence-electron chi connectivity index (χ0n) is 13.7. The summed E-state index contributed by atoms with van der Waals surface area (Å²) in [6, 6.07) is 0.309. The fourth-order valence-electron chi connectivity index (χ4n) is 2.71. The third kappa shape index (κ3) is 2.35. The molecular formula is C15H15N9O. The van der Waals surface area contributed by atoms with Gasteiger partial charge in [0.2, 0.25) is 11.9 Å². The first kappa shape index (κ1) is 15.0. The second-order valence-corrected chi connectivity index (χ2v) is 5.20. The van der Waals surface area contributed by atoms with Crippen molar-refractivity contribution in [1.29, 1.82) is 0 Å². The second-order valence-electron chi connectivity index (χ2n) is 5.20. The Morgan fingerprint density at radius 1 is 1.12 bits per heavy atom. The van der Waals surface area contributed by atoms with Crippen molar-refractivity contribution in [2.75, 3.05) is 12.8 Å². The molecule has 0 aromatic carbocycles. The number of hydrogen-bond donors (Lipinski definition) is 1. The first-order valence-corrected chi connectivity index (χ1v) is 7.59. The first-order valence-electron chi connectivity index (χ1n) is 7.59. The van der Waals surface area contributed by atoms with Gasteiger partial charge in [0.15, 0.2) is 0 Å². The standard InChI is InChI=1S/C15H15N9O/c1-3-23-12-10(9-4-18-14(25-2)19-5-9)6-17-7-11(12)22-15(23)24-13(16)20-8-21-24/h4-8H,3H2,1-2H3,(H2,16,20,21). The van der Waals surface area contributed by atoms with Crippen molar-refractivity contribution < 1.29 is 4.74 Å². The van der Waals surface area contributed by atoms with Crippen molar-refractivity contribution >= 4 is 17.0 Å². The molecule has 0 aliphatic rings. The summed E-state index contributed by atoms with van der Waals surface area (Å²) in [5, 5.41) is 4.15. The van der Waals surface area contributed by atoms with Gasteiger partial charge in [0.1, 0.15) is 11.8 Å². The Morgan fingerprint density at radius 2 is 1.92 bits per heavy atom. The van der Waals surface area contributed by atoms with Gasteiger partial charge in [-0.05, 0) is 6.92 Å². The van der Waals surface area contributed by atoms with Crippen molar-refractivity contribution in [3.63, 3.8) is 0 Å². The van der Waals surface area contributed by atoms with E-state index in [0.717, 1.165) is 22.2 Å². The van der Waals surface area contributed by atoms with Gasteiger partial charge in [-0.15, -0.1) is 0 Å². The predicted molar refractivity (Wildman–Crippen MR) is 90.1 cm³/mol. The Kier molecular flexibility index (Phi) is 3.49. The van der Waals surface area contributed by atoms with Gasteiger partial charge in [-0.2, -0.15) is 14.8 Å². The quantitative estimate of drug-likeness (QED) is 0.587. The van der Waals surface area contributed by atoms with E-state index in [0.29, 0.717) is 18.5 Å². The van der Waals surface area contributed by atoms with Gasteiger partial charge in [-0.25, -0.2) is 15.0 Å². The van der Waals surface area contributed by atoms with E-state index in [4.69, 9.17) is 10.5 Å². The summed E-state index contributed by atoms with van der Waals surface area (Å²) in [7, 11) is 1.53. The number of methoxy groups -OCH3 is 1. The van der Waals surface area contributed by atoms with E-state index in [1.54, 1.807) is 24.8 Å². The highest BCUT2D eigenvalue weighted by molar-refractivity contribution is 5.92. The topological polar surface area (TPSA) is 122 Å². The highest BCUT2D eigenvalue weighted by Gasteiger charge is 2.18. The molecule has 0 saturated carbocycles. The summed E-state index contributed by atoms with van der Waals surface area (Å²) < 4.78 is 8.52. The molecule has 4 rings (SSSR count). The smallest absolute Gasteiger partial charge is 0.316 e. The van der Waals surface area contributed by atoms with Gasteiger partial charge in [-0.1, -0.05) is 0 Å². The molecule has 0 radical (unpaired) electrons. The van der Waals surface area contributed by atoms with E-state index in [9.17, 15) is 0 Å². The second kappa shape index (κ2) is 5.82. The summed E-state index contributed by atoms with van der Waals surface area (Å²) in [5.74, 6) is 0.850. The minimum absolute atomic E-state index is 0.271. The van der Waals surface area contributed by atoms with Crippen LogP contribution in [-0.2, 0) is 6.54 Å². The molecule has 0 unspecified atom stereocenters. The monoisotopic (exact) mass is 337 g/mol. The number of imidazole rings is 1. The van der Waals surface area contributed by atoms with Crippen LogP contribution in [0.2, 0.25) is 0 Å². The third-order valence-electron chi connectivity index (χ3n) is 3.83. The van der Waals surface area contributed by atoms with E-state index in [1.165, 1.54) is 18.1 Å². The van der Waals surface area contributed by atoms with Crippen molar-refractivity contribution in [3.05, 3.63) is 31.1 Å². The average Bonchev–Trinajstić information content (AvgIpc) is 3.24. The fourth-order valence-corrected chi connectivity index (χ4v) is 2.71. The van der Waals surface area contributed by atoms with Crippen LogP contribution in [0, 0.1) is 0 Å². The molecule has 0 aliphatic carbocycles. The summed E-state index contributed by atoms with van der Waals surface area (Å²) in [4.78, 5) is 21.2. The molecule has 126 valence electrons. The van der Waals surface area contributed by atoms with E-state index < -0.39 is 0 Å². The minimum atomic E-state index is 0.271. The molecule has 10 heteroatoms. The Balaban J connectivity index is 1.97. The number of aromatic nitrogens is 8. The lowest BCUT2D eigenvalue weighted by atomic mass is 10.1. The number of pyridine rings is 1. The maximum absolute atomic E-state index is 5.89. The highest BCUT2D eigenvalue weighted by Crippen LogP contribution is 2.29. The Bertz CT molecular complexity index is 1040. The van der Waals surface area contributed by atoms with Gasteiger partial charge < -0.3 is 15.0 Å². The van der Waals surface area contributed by atoms with Crippen molar-refractivity contribution in [2.24, 2.45) is 0 Å². The number of aryl methyl sites for hydroxylation is 1. The summed E-state index contributed by atoms with van der Waals surface area (Å²) in [6.45, 7) is 2.69. The number of anilines is 1. The lowest BCUT2D eigenvalue weighted by molar-refractivity contribution is 0.380. The molecule has 0 spiro atoms. The molecule has 2 N–H and O–H groups in total. The molecule has 0 aliphatic heterocycles. The Morgan fingerprint density at radius 3 is 2.56 bits per heavy atom. The van der Waals surface area contributed by atoms with E-state index in [-0.39, 0.29) is 5.95 Å². The van der Waals surface area contributed by atoms with E-state index >= 15 is 0 Å². The van der Waals surface area contributed by atoms with Gasteiger partial charge >= 0.3 is 6.01 Å². The van der Waals surface area contributed by atoms with Crippen LogP contribution in [0.5, 0.6) is 6.01 Å². The van der Waals surface area contributed by atoms with Crippen LogP contribution in [0.1, 0.15) is 6.92 Å². The SMILES string of the molecule is CCn1c(-n2ncnc2N)nc2cncc(-c3cnc(OC)nc3)c21. The van der Waals surface area contributed by atoms with Crippen LogP contribution in [0.25, 0.3) is 28.1 Å². The molecule has 10 nitrogen and oxygen atoms in total. The maximum Gasteiger partial charge on any atom is 0.316 e. The molecule has 4 aromatic heterocycles. The zero-order chi connectivity index (χ0) is 17.4. The van der Waals surface area contributed by atoms with Crippen LogP contribution in [0.15, 0.2) is 31.1 Å². The number of hydrogen-bond acceptors (Lipinski definition) is 8. The molecule has 4 heterocycles. The van der Waals surface area contributed by atoms with Crippen LogP contribution >= 0.6 is 0 Å². The Labute approximate surface area is 142 Å². The van der Waals surface area contributed by atoms with Crippen LogP contribution in [-0.4, -0.2) is 46.4 Å². The molecule has 4 aromatic rings. The highest BCUT2D eigenvalue weighted by atomic mass is 16.5. The average molecular weight is 337 g/mol. The molecule has 0 fully saturated rings. The minimum Gasteiger partial charge on any atom is -0.467 e. The van der Waals surface area contributed by atoms with Gasteiger partial charge in [0.05, 0.1) is 18.8 Å². The number of fused-ring (bicyclic) bond motifs is 1. The molecule has 0 amide bonds. The van der Waals surface area contributed by atoms with E-state index in [1.807, 2.05) is 11.5 Å². The molecule has 25 heavy (non-hydrogen) atoms. The number of nitrogens with two attached hydrogens (primary N) is 1. The van der Waals surface area contributed by atoms with Crippen LogP contribution in [0.3, 0.4) is 0 Å². The van der Waals surface area contributed by atoms with Gasteiger partial charge in [0.25, 0.3) is 0 Å². The first-order chi connectivity index (χ1) is 12.2. The summed E-state index contributed by atoms with van der Waals surface area (Å²) in [6.07, 6.45) is 8.24. The molecular weight excluding hydrogens is 322 g/mol. The zero-order valence-corrected chi connectivity index (χ0v) is 13.7. The van der Waals surface area contributed by atoms with Crippen molar-refractivity contribution in [1.82, 2.24) is 39.3 Å². The van der Waals surface area contributed by atoms with Crippen LogP contribution in [0.4, 0.5) is 5.95 Å².